The Hall–Kier alpha value is -0.920. The van der Waals surface area contributed by atoms with E-state index < -0.39 is 10.4 Å². The Morgan fingerprint density at radius 2 is 1.92 bits per heavy atom. The Morgan fingerprint density at radius 1 is 1.54 bits per heavy atom. The van der Waals surface area contributed by atoms with E-state index >= 15 is 0 Å². The van der Waals surface area contributed by atoms with Crippen molar-refractivity contribution in [2.75, 3.05) is 6.54 Å². The van der Waals surface area contributed by atoms with E-state index in [1.165, 1.54) is 6.08 Å². The van der Waals surface area contributed by atoms with E-state index in [0.717, 1.165) is 13.0 Å². The van der Waals surface area contributed by atoms with Crippen LogP contribution in [-0.4, -0.2) is 30.0 Å². The summed E-state index contributed by atoms with van der Waals surface area (Å²) in [4.78, 5) is 10.3. The maximum absolute atomic E-state index is 10.3. The van der Waals surface area contributed by atoms with Gasteiger partial charge in [0, 0.05) is 16.9 Å². The molecule has 0 aliphatic heterocycles. The van der Waals surface area contributed by atoms with Crippen molar-refractivity contribution in [1.29, 1.82) is 0 Å². The number of amides is 1. The molecule has 0 heterocycles. The van der Waals surface area contributed by atoms with E-state index in [4.69, 9.17) is 17.5 Å². The van der Waals surface area contributed by atoms with Crippen LogP contribution < -0.4 is 5.32 Å². The van der Waals surface area contributed by atoms with E-state index in [0.29, 0.717) is 0 Å². The first-order valence-corrected chi connectivity index (χ1v) is 4.71. The second-order valence-corrected chi connectivity index (χ2v) is 2.72. The van der Waals surface area contributed by atoms with Gasteiger partial charge in [-0.15, -0.1) is 0 Å². The first-order chi connectivity index (χ1) is 5.81. The van der Waals surface area contributed by atoms with Crippen molar-refractivity contribution in [3.63, 3.8) is 0 Å². The van der Waals surface area contributed by atoms with E-state index in [2.05, 4.69) is 11.9 Å². The maximum atomic E-state index is 10.3. The lowest BCUT2D eigenvalue weighted by Crippen LogP contribution is -2.20. The molecular weight excluding hydrogens is 198 g/mol. The summed E-state index contributed by atoms with van der Waals surface area (Å²) in [6.45, 7) is 6.05. The number of hydrogen-bond acceptors (Lipinski definition) is 5. The molecule has 7 heteroatoms. The van der Waals surface area contributed by atoms with Crippen LogP contribution in [0.1, 0.15) is 13.3 Å². The minimum absolute atomic E-state index is 0.0909. The lowest BCUT2D eigenvalue weighted by atomic mass is 10.4. The van der Waals surface area contributed by atoms with Crippen molar-refractivity contribution in [2.24, 2.45) is 0 Å². The molecule has 78 valence electrons. The summed E-state index contributed by atoms with van der Waals surface area (Å²) in [5.74, 6) is -0.0909. The van der Waals surface area contributed by atoms with Crippen LogP contribution in [0.2, 0.25) is 0 Å². The predicted molar refractivity (Wildman–Crippen MR) is 44.0 cm³/mol. The van der Waals surface area contributed by atoms with Crippen LogP contribution in [0.3, 0.4) is 0 Å². The highest BCUT2D eigenvalue weighted by Crippen LogP contribution is 1.70. The van der Waals surface area contributed by atoms with Gasteiger partial charge in [0.2, 0.25) is 5.91 Å². The molecule has 0 bridgehead atoms. The number of rotatable bonds is 3. The zero-order chi connectivity index (χ0) is 10.9. The van der Waals surface area contributed by atoms with E-state index in [1.807, 2.05) is 6.92 Å². The number of carbonyl (C=O) groups excluding carboxylic acids is 1. The van der Waals surface area contributed by atoms with Gasteiger partial charge in [0.1, 0.15) is 0 Å². The maximum Gasteiger partial charge on any atom is 0.243 e. The molecule has 0 rings (SSSR count). The van der Waals surface area contributed by atoms with Crippen molar-refractivity contribution in [3.05, 3.63) is 12.7 Å². The average Bonchev–Trinajstić information content (AvgIpc) is 1.97. The third-order valence-corrected chi connectivity index (χ3v) is 0.735. The minimum atomic E-state index is -5.17. The Balaban J connectivity index is 0. The van der Waals surface area contributed by atoms with Gasteiger partial charge >= 0.3 is 0 Å². The highest BCUT2D eigenvalue weighted by atomic mass is 32.3. The van der Waals surface area contributed by atoms with E-state index in [1.54, 1.807) is 0 Å². The standard InChI is InChI=1S/C6H11NO.H2O4S/c1-3-5-7-6(8)4-2;1-5(2,3)4/h4H,2-3,5H2,1H3,(H,7,8);(H2,1,2,3,4)/p-2. The van der Waals surface area contributed by atoms with Crippen molar-refractivity contribution in [1.82, 2.24) is 5.32 Å². The molecule has 0 fully saturated rings. The van der Waals surface area contributed by atoms with Crippen LogP contribution in [0.15, 0.2) is 12.7 Å². The molecule has 1 amide bonds. The quantitative estimate of drug-likeness (QED) is 0.377. The van der Waals surface area contributed by atoms with Crippen molar-refractivity contribution >= 4 is 16.3 Å². The first-order valence-electron chi connectivity index (χ1n) is 3.38. The Bertz CT molecular complexity index is 238. The van der Waals surface area contributed by atoms with Gasteiger partial charge in [0.15, 0.2) is 0 Å². The molecule has 0 aliphatic carbocycles. The molecule has 0 unspecified atom stereocenters. The zero-order valence-electron chi connectivity index (χ0n) is 7.15. The second-order valence-electron chi connectivity index (χ2n) is 1.90. The molecular formula is C6H11NO5S-2. The van der Waals surface area contributed by atoms with Crippen LogP contribution in [0, 0.1) is 0 Å². The number of nitrogens with one attached hydrogen (secondary N) is 1. The summed E-state index contributed by atoms with van der Waals surface area (Å²) >= 11 is 0. The third kappa shape index (κ3) is 35.4. The van der Waals surface area contributed by atoms with Gasteiger partial charge < -0.3 is 14.4 Å². The molecule has 13 heavy (non-hydrogen) atoms. The summed E-state index contributed by atoms with van der Waals surface area (Å²) in [5, 5.41) is 2.62. The molecule has 0 aromatic heterocycles. The molecule has 0 saturated carbocycles. The van der Waals surface area contributed by atoms with Crippen molar-refractivity contribution in [3.8, 4) is 0 Å². The summed E-state index contributed by atoms with van der Waals surface area (Å²) in [5.41, 5.74) is 0. The van der Waals surface area contributed by atoms with Gasteiger partial charge in [-0.3, -0.25) is 13.2 Å². The lowest BCUT2D eigenvalue weighted by Gasteiger charge is -2.06. The lowest BCUT2D eigenvalue weighted by molar-refractivity contribution is -0.116. The van der Waals surface area contributed by atoms with Gasteiger partial charge in [0.25, 0.3) is 0 Å². The molecule has 6 nitrogen and oxygen atoms in total. The number of carbonyl (C=O) groups is 1. The van der Waals surface area contributed by atoms with Crippen LogP contribution in [0.4, 0.5) is 0 Å². The Morgan fingerprint density at radius 3 is 2.15 bits per heavy atom. The second kappa shape index (κ2) is 7.71. The average molecular weight is 209 g/mol. The molecule has 0 saturated heterocycles. The SMILES string of the molecule is C=CC(=O)NCCC.O=S(=O)([O-])[O-]. The first kappa shape index (κ1) is 14.6. The Kier molecular flexibility index (Phi) is 8.66. The van der Waals surface area contributed by atoms with Gasteiger partial charge in [-0.05, 0) is 12.5 Å². The van der Waals surface area contributed by atoms with Crippen molar-refractivity contribution in [2.45, 2.75) is 13.3 Å². The molecule has 0 aromatic carbocycles. The molecule has 0 aromatic rings. The van der Waals surface area contributed by atoms with Crippen LogP contribution in [0.25, 0.3) is 0 Å². The van der Waals surface area contributed by atoms with Gasteiger partial charge in [0.05, 0.1) is 0 Å². The largest absolute Gasteiger partial charge is 0.759 e. The zero-order valence-corrected chi connectivity index (χ0v) is 7.96. The summed E-state index contributed by atoms with van der Waals surface area (Å²) in [6.07, 6.45) is 2.25. The predicted octanol–water partition coefficient (Wildman–Crippen LogP) is -0.639. The highest BCUT2D eigenvalue weighted by Gasteiger charge is 1.86. The van der Waals surface area contributed by atoms with Gasteiger partial charge in [-0.2, -0.15) is 0 Å². The third-order valence-electron chi connectivity index (χ3n) is 0.735. The van der Waals surface area contributed by atoms with E-state index in [-0.39, 0.29) is 5.91 Å². The fourth-order valence-electron chi connectivity index (χ4n) is 0.320. The van der Waals surface area contributed by atoms with Crippen LogP contribution in [-0.2, 0) is 15.2 Å². The Labute approximate surface area is 77.2 Å². The number of hydrogen-bond donors (Lipinski definition) is 1. The summed E-state index contributed by atoms with van der Waals surface area (Å²) < 4.78 is 34.1. The fraction of sp³-hybridized carbons (Fsp3) is 0.500. The summed E-state index contributed by atoms with van der Waals surface area (Å²) in [7, 11) is -5.17. The van der Waals surface area contributed by atoms with Crippen LogP contribution >= 0.6 is 0 Å². The highest BCUT2D eigenvalue weighted by molar-refractivity contribution is 7.79. The molecule has 0 radical (unpaired) electrons. The molecule has 0 spiro atoms. The van der Waals surface area contributed by atoms with Crippen LogP contribution in [0.5, 0.6) is 0 Å². The van der Waals surface area contributed by atoms with E-state index in [9.17, 15) is 4.79 Å². The van der Waals surface area contributed by atoms with Gasteiger partial charge in [-0.25, -0.2) is 0 Å². The molecule has 1 N–H and O–H groups in total. The molecule has 0 atom stereocenters. The normalized spacial score (nSPS) is 9.46. The van der Waals surface area contributed by atoms with Gasteiger partial charge in [-0.1, -0.05) is 13.5 Å². The smallest absolute Gasteiger partial charge is 0.243 e. The summed E-state index contributed by atoms with van der Waals surface area (Å²) in [6, 6.07) is 0. The minimum Gasteiger partial charge on any atom is -0.759 e. The monoisotopic (exact) mass is 209 g/mol. The van der Waals surface area contributed by atoms with Crippen molar-refractivity contribution < 1.29 is 22.3 Å². The topological polar surface area (TPSA) is 109 Å². The molecule has 0 aliphatic rings. The fourth-order valence-corrected chi connectivity index (χ4v) is 0.320.